The number of likely N-dealkylation sites (tertiary alicyclic amines) is 1. The Morgan fingerprint density at radius 2 is 2.17 bits per heavy atom. The maximum atomic E-state index is 12.8. The van der Waals surface area contributed by atoms with Gasteiger partial charge < -0.3 is 10.0 Å². The summed E-state index contributed by atoms with van der Waals surface area (Å²) in [6.45, 7) is 1.09. The predicted octanol–water partition coefficient (Wildman–Crippen LogP) is 3.60. The van der Waals surface area contributed by atoms with Gasteiger partial charge in [-0.25, -0.2) is 0 Å². The molecule has 1 amide bonds. The van der Waals surface area contributed by atoms with Crippen molar-refractivity contribution in [3.8, 4) is 0 Å². The Morgan fingerprint density at radius 1 is 1.43 bits per heavy atom. The van der Waals surface area contributed by atoms with Crippen LogP contribution >= 0.6 is 11.6 Å². The molecule has 1 aliphatic rings. The van der Waals surface area contributed by atoms with E-state index in [1.807, 2.05) is 0 Å². The van der Waals surface area contributed by atoms with Crippen molar-refractivity contribution in [3.05, 3.63) is 40.4 Å². The third kappa shape index (κ3) is 4.72. The number of benzene rings is 1. The maximum absolute atomic E-state index is 12.8. The van der Waals surface area contributed by atoms with Crippen LogP contribution in [0.5, 0.6) is 0 Å². The third-order valence-electron chi connectivity index (χ3n) is 3.80. The Balaban J connectivity index is 2.09. The number of nitrogens with zero attached hydrogens (tertiary/aromatic N) is 1. The summed E-state index contributed by atoms with van der Waals surface area (Å²) in [7, 11) is 0. The molecule has 1 N–H and O–H groups in total. The van der Waals surface area contributed by atoms with E-state index < -0.39 is 11.7 Å². The number of rotatable bonds is 3. The number of hydrogen-bond donors (Lipinski definition) is 1. The van der Waals surface area contributed by atoms with Crippen LogP contribution in [0.2, 0.25) is 5.02 Å². The number of carbonyl (C=O) groups is 1. The van der Waals surface area contributed by atoms with Crippen LogP contribution < -0.4 is 0 Å². The molecule has 0 aliphatic carbocycles. The third-order valence-corrected chi connectivity index (χ3v) is 4.13. The Bertz CT molecular complexity index is 601. The van der Waals surface area contributed by atoms with Gasteiger partial charge in [0.25, 0.3) is 0 Å². The Hall–Kier alpha value is -1.53. The fourth-order valence-corrected chi connectivity index (χ4v) is 2.78. The van der Waals surface area contributed by atoms with Crippen LogP contribution in [0.4, 0.5) is 13.2 Å². The molecule has 1 saturated heterocycles. The summed E-state index contributed by atoms with van der Waals surface area (Å²) in [5, 5.41) is 8.78. The van der Waals surface area contributed by atoms with Gasteiger partial charge in [-0.05, 0) is 42.5 Å². The van der Waals surface area contributed by atoms with Gasteiger partial charge in [0.2, 0.25) is 5.91 Å². The lowest BCUT2D eigenvalue weighted by molar-refractivity contribution is -0.137. The van der Waals surface area contributed by atoms with Gasteiger partial charge in [-0.3, -0.25) is 4.79 Å². The second kappa shape index (κ2) is 7.36. The van der Waals surface area contributed by atoms with Crippen LogP contribution in [0.25, 0.3) is 6.08 Å². The number of amides is 1. The minimum absolute atomic E-state index is 0.0274. The predicted molar refractivity (Wildman–Crippen MR) is 81.9 cm³/mol. The minimum atomic E-state index is -4.54. The van der Waals surface area contributed by atoms with Crippen molar-refractivity contribution in [3.63, 3.8) is 0 Å². The standard InChI is InChI=1S/C16H17ClF3NO2/c17-14-5-3-11(8-13(14)16(18,19)20)4-6-15(23)21-7-1-2-12(9-21)10-22/h3-6,8,12,22H,1-2,7,9-10H2/b6-4+. The van der Waals surface area contributed by atoms with Crippen molar-refractivity contribution >= 4 is 23.6 Å². The van der Waals surface area contributed by atoms with Gasteiger partial charge in [-0.2, -0.15) is 13.2 Å². The molecule has 0 aromatic heterocycles. The zero-order chi connectivity index (χ0) is 17.0. The molecule has 1 aromatic rings. The fraction of sp³-hybridized carbons (Fsp3) is 0.438. The largest absolute Gasteiger partial charge is 0.417 e. The van der Waals surface area contributed by atoms with Gasteiger partial charge in [0, 0.05) is 25.8 Å². The summed E-state index contributed by atoms with van der Waals surface area (Å²) in [5.41, 5.74) is -0.669. The van der Waals surface area contributed by atoms with Crippen molar-refractivity contribution in [2.75, 3.05) is 19.7 Å². The van der Waals surface area contributed by atoms with E-state index in [4.69, 9.17) is 16.7 Å². The molecular weight excluding hydrogens is 331 g/mol. The van der Waals surface area contributed by atoms with Crippen molar-refractivity contribution in [2.45, 2.75) is 19.0 Å². The first-order valence-corrected chi connectivity index (χ1v) is 7.63. The van der Waals surface area contributed by atoms with Crippen LogP contribution in [0.1, 0.15) is 24.0 Å². The van der Waals surface area contributed by atoms with Gasteiger partial charge in [0.15, 0.2) is 0 Å². The first-order valence-electron chi connectivity index (χ1n) is 7.26. The highest BCUT2D eigenvalue weighted by atomic mass is 35.5. The van der Waals surface area contributed by atoms with Crippen LogP contribution in [0.15, 0.2) is 24.3 Å². The molecule has 0 bridgehead atoms. The quantitative estimate of drug-likeness (QED) is 0.849. The molecule has 1 aromatic carbocycles. The molecule has 0 saturated carbocycles. The summed E-state index contributed by atoms with van der Waals surface area (Å²) in [6, 6.07) is 3.50. The smallest absolute Gasteiger partial charge is 0.396 e. The normalized spacial score (nSPS) is 19.3. The van der Waals surface area contributed by atoms with Gasteiger partial charge >= 0.3 is 6.18 Å². The molecule has 1 unspecified atom stereocenters. The van der Waals surface area contributed by atoms with Crippen molar-refractivity contribution in [2.24, 2.45) is 5.92 Å². The number of halogens is 4. The van der Waals surface area contributed by atoms with Crippen molar-refractivity contribution in [1.82, 2.24) is 4.90 Å². The Kier molecular flexibility index (Phi) is 5.70. The fourth-order valence-electron chi connectivity index (χ4n) is 2.55. The molecule has 1 atom stereocenters. The molecule has 0 radical (unpaired) electrons. The van der Waals surface area contributed by atoms with E-state index in [2.05, 4.69) is 0 Å². The highest BCUT2D eigenvalue weighted by molar-refractivity contribution is 6.31. The topological polar surface area (TPSA) is 40.5 Å². The zero-order valence-electron chi connectivity index (χ0n) is 12.3. The molecule has 1 fully saturated rings. The van der Waals surface area contributed by atoms with E-state index >= 15 is 0 Å². The highest BCUT2D eigenvalue weighted by Gasteiger charge is 2.33. The van der Waals surface area contributed by atoms with E-state index in [9.17, 15) is 18.0 Å². The van der Waals surface area contributed by atoms with Crippen molar-refractivity contribution < 1.29 is 23.1 Å². The van der Waals surface area contributed by atoms with E-state index in [0.29, 0.717) is 13.1 Å². The highest BCUT2D eigenvalue weighted by Crippen LogP contribution is 2.35. The van der Waals surface area contributed by atoms with E-state index in [1.54, 1.807) is 4.90 Å². The van der Waals surface area contributed by atoms with Gasteiger partial charge in [0.05, 0.1) is 10.6 Å². The Labute approximate surface area is 137 Å². The van der Waals surface area contributed by atoms with Gasteiger partial charge in [-0.1, -0.05) is 17.7 Å². The van der Waals surface area contributed by atoms with E-state index in [1.165, 1.54) is 18.2 Å². The number of aliphatic hydroxyl groups is 1. The molecule has 7 heteroatoms. The van der Waals surface area contributed by atoms with Gasteiger partial charge in [-0.15, -0.1) is 0 Å². The molecule has 1 aliphatic heterocycles. The lowest BCUT2D eigenvalue weighted by atomic mass is 9.99. The zero-order valence-corrected chi connectivity index (χ0v) is 13.1. The maximum Gasteiger partial charge on any atom is 0.417 e. The summed E-state index contributed by atoms with van der Waals surface area (Å²) >= 11 is 5.55. The molecule has 0 spiro atoms. The second-order valence-electron chi connectivity index (χ2n) is 5.55. The van der Waals surface area contributed by atoms with E-state index in [-0.39, 0.29) is 29.0 Å². The molecule has 126 valence electrons. The number of aliphatic hydroxyl groups excluding tert-OH is 1. The SMILES string of the molecule is O=C(/C=C/c1ccc(Cl)c(C(F)(F)F)c1)N1CCCC(CO)C1. The number of carbonyl (C=O) groups excluding carboxylic acids is 1. The summed E-state index contributed by atoms with van der Waals surface area (Å²) in [6.07, 6.45) is -0.258. The average molecular weight is 348 g/mol. The summed E-state index contributed by atoms with van der Waals surface area (Å²) in [4.78, 5) is 13.7. The summed E-state index contributed by atoms with van der Waals surface area (Å²) in [5.74, 6) is -0.208. The molecule has 23 heavy (non-hydrogen) atoms. The minimum Gasteiger partial charge on any atom is -0.396 e. The number of piperidine rings is 1. The van der Waals surface area contributed by atoms with Gasteiger partial charge in [0.1, 0.15) is 0 Å². The number of alkyl halides is 3. The second-order valence-corrected chi connectivity index (χ2v) is 5.95. The summed E-state index contributed by atoms with van der Waals surface area (Å²) < 4.78 is 38.4. The first-order chi connectivity index (χ1) is 10.8. The first kappa shape index (κ1) is 17.8. The lowest BCUT2D eigenvalue weighted by Gasteiger charge is -2.31. The lowest BCUT2D eigenvalue weighted by Crippen LogP contribution is -2.40. The van der Waals surface area contributed by atoms with E-state index in [0.717, 1.165) is 25.0 Å². The molecule has 2 rings (SSSR count). The molecule has 3 nitrogen and oxygen atoms in total. The van der Waals surface area contributed by atoms with Crippen LogP contribution in [-0.4, -0.2) is 35.6 Å². The van der Waals surface area contributed by atoms with Crippen molar-refractivity contribution in [1.29, 1.82) is 0 Å². The Morgan fingerprint density at radius 3 is 2.83 bits per heavy atom. The van der Waals surface area contributed by atoms with Crippen LogP contribution in [0, 0.1) is 5.92 Å². The van der Waals surface area contributed by atoms with Crippen LogP contribution in [0.3, 0.4) is 0 Å². The average Bonchev–Trinajstić information content (AvgIpc) is 2.52. The van der Waals surface area contributed by atoms with Crippen LogP contribution in [-0.2, 0) is 11.0 Å². The molecule has 1 heterocycles. The molecular formula is C16H17ClF3NO2. The number of hydrogen-bond acceptors (Lipinski definition) is 2. The monoisotopic (exact) mass is 347 g/mol.